The molecule has 1 aromatic carbocycles. The zero-order chi connectivity index (χ0) is 11.4. The molecule has 0 aliphatic carbocycles. The van der Waals surface area contributed by atoms with E-state index in [4.69, 9.17) is 11.6 Å². The Bertz CT molecular complexity index is 346. The molecular weight excluding hydrogens is 225 g/mol. The minimum atomic E-state index is -0.334. The van der Waals surface area contributed by atoms with Crippen LogP contribution in [0.4, 0.5) is 4.39 Å². The molecule has 16 heavy (non-hydrogen) atoms. The maximum Gasteiger partial charge on any atom is 0.141 e. The molecule has 1 unspecified atom stereocenters. The lowest BCUT2D eigenvalue weighted by molar-refractivity contribution is 0.507. The van der Waals surface area contributed by atoms with Crippen molar-refractivity contribution in [3.63, 3.8) is 0 Å². The van der Waals surface area contributed by atoms with Crippen LogP contribution >= 0.6 is 11.6 Å². The topological polar surface area (TPSA) is 12.0 Å². The maximum absolute atomic E-state index is 13.0. The molecule has 1 aromatic rings. The molecule has 0 bridgehead atoms. The van der Waals surface area contributed by atoms with Crippen LogP contribution in [0.25, 0.3) is 0 Å². The molecule has 0 saturated carbocycles. The van der Waals surface area contributed by atoms with E-state index < -0.39 is 0 Å². The van der Waals surface area contributed by atoms with E-state index in [0.29, 0.717) is 6.04 Å². The van der Waals surface area contributed by atoms with E-state index in [1.807, 2.05) is 6.07 Å². The van der Waals surface area contributed by atoms with Gasteiger partial charge in [0.05, 0.1) is 5.02 Å². The van der Waals surface area contributed by atoms with Gasteiger partial charge in [-0.1, -0.05) is 30.5 Å². The summed E-state index contributed by atoms with van der Waals surface area (Å²) in [5.74, 6) is -0.334. The van der Waals surface area contributed by atoms with E-state index in [-0.39, 0.29) is 10.8 Å². The average Bonchev–Trinajstić information content (AvgIpc) is 2.52. The van der Waals surface area contributed by atoms with Crippen LogP contribution in [0.15, 0.2) is 18.2 Å². The van der Waals surface area contributed by atoms with Crippen LogP contribution < -0.4 is 5.32 Å². The van der Waals surface area contributed by atoms with Crippen LogP contribution in [0.3, 0.4) is 0 Å². The summed E-state index contributed by atoms with van der Waals surface area (Å²) < 4.78 is 13.0. The smallest absolute Gasteiger partial charge is 0.141 e. The first-order valence-corrected chi connectivity index (χ1v) is 6.31. The molecule has 1 heterocycles. The van der Waals surface area contributed by atoms with E-state index in [1.165, 1.54) is 31.7 Å². The fraction of sp³-hybridized carbons (Fsp3) is 0.538. The van der Waals surface area contributed by atoms with Gasteiger partial charge in [-0.05, 0) is 43.5 Å². The second-order valence-corrected chi connectivity index (χ2v) is 4.86. The second-order valence-electron chi connectivity index (χ2n) is 4.45. The number of hydrogen-bond donors (Lipinski definition) is 1. The van der Waals surface area contributed by atoms with Gasteiger partial charge >= 0.3 is 0 Å². The molecule has 3 heteroatoms. The molecular formula is C13H17ClFN. The van der Waals surface area contributed by atoms with Gasteiger partial charge < -0.3 is 5.32 Å². The molecule has 1 N–H and O–H groups in total. The van der Waals surface area contributed by atoms with Gasteiger partial charge in [0.1, 0.15) is 5.82 Å². The second kappa shape index (κ2) is 5.65. The van der Waals surface area contributed by atoms with E-state index in [1.54, 1.807) is 6.07 Å². The van der Waals surface area contributed by atoms with Gasteiger partial charge in [-0.2, -0.15) is 0 Å². The van der Waals surface area contributed by atoms with Crippen LogP contribution in [0.2, 0.25) is 5.02 Å². The van der Waals surface area contributed by atoms with Crippen molar-refractivity contribution < 1.29 is 4.39 Å². The number of hydrogen-bond acceptors (Lipinski definition) is 1. The monoisotopic (exact) mass is 241 g/mol. The summed E-state index contributed by atoms with van der Waals surface area (Å²) in [5, 5.41) is 3.76. The van der Waals surface area contributed by atoms with Crippen molar-refractivity contribution >= 4 is 11.6 Å². The predicted molar refractivity (Wildman–Crippen MR) is 65.4 cm³/mol. The Labute approximate surface area is 101 Å². The van der Waals surface area contributed by atoms with Crippen LogP contribution in [0.5, 0.6) is 0 Å². The zero-order valence-corrected chi connectivity index (χ0v) is 10.1. The minimum Gasteiger partial charge on any atom is -0.314 e. The Morgan fingerprint density at radius 3 is 3.00 bits per heavy atom. The first kappa shape index (κ1) is 11.9. The molecule has 1 saturated heterocycles. The van der Waals surface area contributed by atoms with Gasteiger partial charge in [-0.15, -0.1) is 0 Å². The first-order chi connectivity index (χ1) is 7.75. The molecule has 1 aliphatic rings. The van der Waals surface area contributed by atoms with Crippen molar-refractivity contribution in [3.05, 3.63) is 34.6 Å². The fourth-order valence-corrected chi connectivity index (χ4v) is 2.43. The number of nitrogens with one attached hydrogen (secondary N) is 1. The van der Waals surface area contributed by atoms with Gasteiger partial charge in [0, 0.05) is 6.04 Å². The third-order valence-electron chi connectivity index (χ3n) is 3.13. The van der Waals surface area contributed by atoms with Crippen molar-refractivity contribution in [1.82, 2.24) is 5.32 Å². The van der Waals surface area contributed by atoms with Crippen LogP contribution in [0.1, 0.15) is 31.2 Å². The lowest BCUT2D eigenvalue weighted by atomic mass is 10.0. The summed E-state index contributed by atoms with van der Waals surface area (Å²) >= 11 is 5.77. The molecule has 0 radical (unpaired) electrons. The van der Waals surface area contributed by atoms with Crippen molar-refractivity contribution in [2.75, 3.05) is 6.54 Å². The molecule has 1 nitrogen and oxygen atoms in total. The van der Waals surface area contributed by atoms with Crippen molar-refractivity contribution in [1.29, 1.82) is 0 Å². The highest BCUT2D eigenvalue weighted by molar-refractivity contribution is 6.30. The average molecular weight is 242 g/mol. The molecule has 1 atom stereocenters. The van der Waals surface area contributed by atoms with E-state index in [0.717, 1.165) is 18.5 Å². The molecule has 1 fully saturated rings. The standard InChI is InChI=1S/C13H17ClFN/c14-12-9-10(5-6-13(12)15)8-11-4-2-1-3-7-16-11/h5-6,9,11,16H,1-4,7-8H2. The summed E-state index contributed by atoms with van der Waals surface area (Å²) in [6, 6.07) is 5.54. The van der Waals surface area contributed by atoms with Gasteiger partial charge in [-0.25, -0.2) is 4.39 Å². The predicted octanol–water partition coefficient (Wildman–Crippen LogP) is 3.55. The van der Waals surface area contributed by atoms with Crippen LogP contribution in [0, 0.1) is 5.82 Å². The van der Waals surface area contributed by atoms with Crippen molar-refractivity contribution in [3.8, 4) is 0 Å². The Morgan fingerprint density at radius 2 is 2.19 bits per heavy atom. The van der Waals surface area contributed by atoms with Crippen LogP contribution in [-0.4, -0.2) is 12.6 Å². The Morgan fingerprint density at radius 1 is 1.31 bits per heavy atom. The molecule has 0 spiro atoms. The lowest BCUT2D eigenvalue weighted by Crippen LogP contribution is -2.30. The van der Waals surface area contributed by atoms with Gasteiger partial charge in [0.2, 0.25) is 0 Å². The largest absolute Gasteiger partial charge is 0.314 e. The van der Waals surface area contributed by atoms with Crippen molar-refractivity contribution in [2.45, 2.75) is 38.1 Å². The lowest BCUT2D eigenvalue weighted by Gasteiger charge is -2.15. The summed E-state index contributed by atoms with van der Waals surface area (Å²) in [5.41, 5.74) is 1.12. The Hall–Kier alpha value is -0.600. The third-order valence-corrected chi connectivity index (χ3v) is 3.42. The van der Waals surface area contributed by atoms with Gasteiger partial charge in [-0.3, -0.25) is 0 Å². The Kier molecular flexibility index (Phi) is 4.19. The summed E-state index contributed by atoms with van der Waals surface area (Å²) in [6.07, 6.45) is 6.01. The normalized spacial score (nSPS) is 21.8. The molecule has 88 valence electrons. The number of benzene rings is 1. The van der Waals surface area contributed by atoms with Gasteiger partial charge in [0.15, 0.2) is 0 Å². The maximum atomic E-state index is 13.0. The molecule has 2 rings (SSSR count). The number of rotatable bonds is 2. The number of halogens is 2. The summed E-state index contributed by atoms with van der Waals surface area (Å²) in [4.78, 5) is 0. The van der Waals surface area contributed by atoms with Crippen molar-refractivity contribution in [2.24, 2.45) is 0 Å². The summed E-state index contributed by atoms with van der Waals surface area (Å²) in [7, 11) is 0. The molecule has 0 amide bonds. The highest BCUT2D eigenvalue weighted by atomic mass is 35.5. The zero-order valence-electron chi connectivity index (χ0n) is 9.31. The van der Waals surface area contributed by atoms with E-state index in [2.05, 4.69) is 5.32 Å². The third kappa shape index (κ3) is 3.19. The van der Waals surface area contributed by atoms with Crippen LogP contribution in [-0.2, 0) is 6.42 Å². The van der Waals surface area contributed by atoms with Gasteiger partial charge in [0.25, 0.3) is 0 Å². The highest BCUT2D eigenvalue weighted by Gasteiger charge is 2.12. The summed E-state index contributed by atoms with van der Waals surface area (Å²) in [6.45, 7) is 1.10. The SMILES string of the molecule is Fc1ccc(CC2CCCCCN2)cc1Cl. The highest BCUT2D eigenvalue weighted by Crippen LogP contribution is 2.19. The fourth-order valence-electron chi connectivity index (χ4n) is 2.23. The van der Waals surface area contributed by atoms with E-state index in [9.17, 15) is 4.39 Å². The molecule has 1 aliphatic heterocycles. The quantitative estimate of drug-likeness (QED) is 0.835. The first-order valence-electron chi connectivity index (χ1n) is 5.93. The Balaban J connectivity index is 1.99. The minimum absolute atomic E-state index is 0.228. The van der Waals surface area contributed by atoms with E-state index >= 15 is 0 Å². The molecule has 0 aromatic heterocycles.